The molecule has 7 rings (SSSR count). The number of halogens is 3. The molecule has 3 amide bonds. The second kappa shape index (κ2) is 26.2. The summed E-state index contributed by atoms with van der Waals surface area (Å²) >= 11 is 17.8. The molecule has 1 aliphatic carbocycles. The molecule has 1 saturated heterocycles. The van der Waals surface area contributed by atoms with Crippen LogP contribution in [-0.2, 0) is 67.3 Å². The van der Waals surface area contributed by atoms with E-state index in [4.69, 9.17) is 72.7 Å². The van der Waals surface area contributed by atoms with Crippen molar-refractivity contribution < 1.29 is 61.9 Å². The van der Waals surface area contributed by atoms with E-state index in [1.54, 1.807) is 54.6 Å². The van der Waals surface area contributed by atoms with Gasteiger partial charge in [-0.2, -0.15) is 0 Å². The average molecular weight is 1050 g/mol. The highest BCUT2D eigenvalue weighted by Crippen LogP contribution is 2.44. The lowest BCUT2D eigenvalue weighted by Gasteiger charge is -2.45. The van der Waals surface area contributed by atoms with E-state index in [1.165, 1.54) is 6.08 Å². The first-order valence-electron chi connectivity index (χ1n) is 22.8. The quantitative estimate of drug-likeness (QED) is 0.0273. The lowest BCUT2D eigenvalue weighted by Crippen LogP contribution is -2.69. The third kappa shape index (κ3) is 15.4. The second-order valence-electron chi connectivity index (χ2n) is 16.5. The molecule has 0 spiro atoms. The molecule has 3 N–H and O–H groups in total. The Hall–Kier alpha value is -6.66. The standard InChI is InChI=1S/C53H52Cl3N3O13/c1-2-26-66-49(61)42(57-50(62)68-30-36-20-10-5-11-21-36)27-44(60)58-48-45(59-51(63)70-33-53(54,55)56)47(67-29-35-18-8-4-9-19-35)46(43(71-48)32-65-28-34-16-6-3-7-17-34)72-52(64)69-31-41-39-24-14-12-22-37(39)38-23-13-15-25-40(38)41/h2-25,41-43,45-48H,1,26-33H2,(H,57,62)(H,58,60)(H,59,63)/t42-,43?,45?,46+,47?,48+/m0/s1. The molecule has 0 aromatic heterocycles. The molecule has 0 saturated carbocycles. The summed E-state index contributed by atoms with van der Waals surface area (Å²) in [6.45, 7) is 2.12. The van der Waals surface area contributed by atoms with Crippen molar-refractivity contribution in [3.63, 3.8) is 0 Å². The summed E-state index contributed by atoms with van der Waals surface area (Å²) in [5.74, 6) is -2.18. The highest BCUT2D eigenvalue weighted by molar-refractivity contribution is 6.67. The van der Waals surface area contributed by atoms with E-state index < -0.39 is 83.7 Å². The number of carbonyl (C=O) groups is 5. The van der Waals surface area contributed by atoms with E-state index in [2.05, 4.69) is 22.5 Å². The van der Waals surface area contributed by atoms with E-state index >= 15 is 0 Å². The molecule has 3 unspecified atom stereocenters. The van der Waals surface area contributed by atoms with Crippen LogP contribution < -0.4 is 16.0 Å². The molecule has 5 aromatic rings. The molecule has 16 nitrogen and oxygen atoms in total. The molecule has 2 aliphatic rings. The number of benzene rings is 5. The van der Waals surface area contributed by atoms with Gasteiger partial charge >= 0.3 is 24.3 Å². The topological polar surface area (TPSA) is 195 Å². The lowest BCUT2D eigenvalue weighted by molar-refractivity contribution is -0.224. The van der Waals surface area contributed by atoms with Gasteiger partial charge < -0.3 is 53.8 Å². The number of ether oxygens (including phenoxy) is 8. The summed E-state index contributed by atoms with van der Waals surface area (Å²) in [4.78, 5) is 68.3. The molecule has 5 aromatic carbocycles. The highest BCUT2D eigenvalue weighted by atomic mass is 35.6. The van der Waals surface area contributed by atoms with Crippen LogP contribution in [0.25, 0.3) is 11.1 Å². The number of hydrogen-bond donors (Lipinski definition) is 3. The van der Waals surface area contributed by atoms with Crippen molar-refractivity contribution in [2.75, 3.05) is 26.4 Å². The fraction of sp³-hybridized carbons (Fsp3) is 0.302. The summed E-state index contributed by atoms with van der Waals surface area (Å²) in [6, 6.07) is 39.7. The molecule has 378 valence electrons. The Morgan fingerprint density at radius 1 is 0.639 bits per heavy atom. The van der Waals surface area contributed by atoms with Gasteiger partial charge in [-0.05, 0) is 38.9 Å². The van der Waals surface area contributed by atoms with Gasteiger partial charge in [-0.1, -0.05) is 187 Å². The number of alkyl carbamates (subject to hydrolysis) is 2. The molecule has 1 aliphatic heterocycles. The molecular weight excluding hydrogens is 993 g/mol. The first-order chi connectivity index (χ1) is 34.8. The van der Waals surface area contributed by atoms with Crippen LogP contribution in [0.3, 0.4) is 0 Å². The fourth-order valence-corrected chi connectivity index (χ4v) is 8.30. The monoisotopic (exact) mass is 1040 g/mol. The van der Waals surface area contributed by atoms with E-state index in [-0.39, 0.29) is 45.6 Å². The number of rotatable bonds is 21. The third-order valence-electron chi connectivity index (χ3n) is 11.4. The molecule has 19 heteroatoms. The van der Waals surface area contributed by atoms with Crippen molar-refractivity contribution in [2.45, 2.75) is 72.6 Å². The molecular formula is C53H52Cl3N3O13. The Morgan fingerprint density at radius 3 is 1.81 bits per heavy atom. The maximum Gasteiger partial charge on any atom is 0.508 e. The van der Waals surface area contributed by atoms with Crippen LogP contribution in [0, 0.1) is 0 Å². The van der Waals surface area contributed by atoms with Crippen LogP contribution in [0.4, 0.5) is 14.4 Å². The van der Waals surface area contributed by atoms with Crippen LogP contribution in [0.1, 0.15) is 40.2 Å². The van der Waals surface area contributed by atoms with Crippen molar-refractivity contribution in [3.05, 3.63) is 180 Å². The Labute approximate surface area is 431 Å². The van der Waals surface area contributed by atoms with Crippen LogP contribution in [0.5, 0.6) is 0 Å². The third-order valence-corrected chi connectivity index (χ3v) is 11.7. The predicted molar refractivity (Wildman–Crippen MR) is 266 cm³/mol. The van der Waals surface area contributed by atoms with E-state index in [1.807, 2.05) is 84.9 Å². The summed E-state index contributed by atoms with van der Waals surface area (Å²) in [6.07, 6.45) is -8.26. The maximum absolute atomic E-state index is 14.2. The minimum atomic E-state index is -2.02. The first kappa shape index (κ1) is 53.1. The summed E-state index contributed by atoms with van der Waals surface area (Å²) in [5.41, 5.74) is 6.13. The molecule has 72 heavy (non-hydrogen) atoms. The zero-order chi connectivity index (χ0) is 50.9. The Bertz CT molecular complexity index is 2560. The number of carbonyl (C=O) groups excluding carboxylic acids is 5. The number of nitrogens with one attached hydrogen (secondary N) is 3. The number of alkyl halides is 3. The minimum absolute atomic E-state index is 0.0938. The van der Waals surface area contributed by atoms with Crippen molar-refractivity contribution in [1.29, 1.82) is 0 Å². The van der Waals surface area contributed by atoms with Crippen LogP contribution in [0.15, 0.2) is 152 Å². The summed E-state index contributed by atoms with van der Waals surface area (Å²) < 4.78 is 45.1. The van der Waals surface area contributed by atoms with Crippen molar-refractivity contribution in [2.24, 2.45) is 0 Å². The first-order valence-corrected chi connectivity index (χ1v) is 24.0. The largest absolute Gasteiger partial charge is 0.508 e. The van der Waals surface area contributed by atoms with Gasteiger partial charge in [0.15, 0.2) is 12.3 Å². The SMILES string of the molecule is C=CCOC(=O)[C@H](CC(=O)N[C@@H]1OC(COCc2ccccc2)[C@@H](OC(=O)OCC2c3ccccc3-c3ccccc32)C(OCc2ccccc2)C1NC(=O)OCC(Cl)(Cl)Cl)NC(=O)OCc1ccccc1. The zero-order valence-electron chi connectivity index (χ0n) is 38.7. The number of hydrogen-bond acceptors (Lipinski definition) is 13. The van der Waals surface area contributed by atoms with Gasteiger partial charge in [0.2, 0.25) is 9.70 Å². The van der Waals surface area contributed by atoms with Gasteiger partial charge in [-0.15, -0.1) is 0 Å². The van der Waals surface area contributed by atoms with Gasteiger partial charge in [0.05, 0.1) is 26.2 Å². The van der Waals surface area contributed by atoms with Gasteiger partial charge in [0, 0.05) is 5.92 Å². The lowest BCUT2D eigenvalue weighted by atomic mass is 9.95. The van der Waals surface area contributed by atoms with Crippen LogP contribution in [-0.4, -0.2) is 97.1 Å². The molecule has 6 atom stereocenters. The summed E-state index contributed by atoms with van der Waals surface area (Å²) in [5, 5.41) is 7.74. The van der Waals surface area contributed by atoms with Gasteiger partial charge in [0.25, 0.3) is 0 Å². The van der Waals surface area contributed by atoms with Gasteiger partial charge in [-0.25, -0.2) is 19.2 Å². The Kier molecular flexibility index (Phi) is 19.3. The summed E-state index contributed by atoms with van der Waals surface area (Å²) in [7, 11) is 0. The molecule has 0 bridgehead atoms. The van der Waals surface area contributed by atoms with Gasteiger partial charge in [0.1, 0.15) is 50.7 Å². The maximum atomic E-state index is 14.2. The van der Waals surface area contributed by atoms with E-state index in [9.17, 15) is 24.0 Å². The highest BCUT2D eigenvalue weighted by Gasteiger charge is 2.51. The molecule has 1 fully saturated rings. The van der Waals surface area contributed by atoms with Crippen molar-refractivity contribution in [1.82, 2.24) is 16.0 Å². The zero-order valence-corrected chi connectivity index (χ0v) is 41.0. The molecule has 1 heterocycles. The Balaban J connectivity index is 1.18. The average Bonchev–Trinajstić information content (AvgIpc) is 3.70. The van der Waals surface area contributed by atoms with Gasteiger partial charge in [-0.3, -0.25) is 4.79 Å². The minimum Gasteiger partial charge on any atom is -0.460 e. The molecule has 0 radical (unpaired) electrons. The smallest absolute Gasteiger partial charge is 0.460 e. The van der Waals surface area contributed by atoms with Crippen LogP contribution >= 0.6 is 34.8 Å². The number of amides is 3. The van der Waals surface area contributed by atoms with Crippen molar-refractivity contribution >= 4 is 65.0 Å². The van der Waals surface area contributed by atoms with E-state index in [0.29, 0.717) is 11.1 Å². The number of fused-ring (bicyclic) bond motifs is 3. The van der Waals surface area contributed by atoms with Crippen molar-refractivity contribution in [3.8, 4) is 11.1 Å². The fourth-order valence-electron chi connectivity index (χ4n) is 8.14. The normalized spacial score (nSPS) is 18.5. The number of esters is 1. The van der Waals surface area contributed by atoms with E-state index in [0.717, 1.165) is 27.8 Å². The predicted octanol–water partition coefficient (Wildman–Crippen LogP) is 8.84. The second-order valence-corrected chi connectivity index (χ2v) is 19.1. The Morgan fingerprint density at radius 2 is 1.21 bits per heavy atom. The van der Waals surface area contributed by atoms with Crippen LogP contribution in [0.2, 0.25) is 0 Å².